The van der Waals surface area contributed by atoms with Crippen molar-refractivity contribution in [3.63, 3.8) is 0 Å². The molecule has 4 atom stereocenters. The third-order valence-electron chi connectivity index (χ3n) is 7.13. The van der Waals surface area contributed by atoms with Crippen molar-refractivity contribution in [2.45, 2.75) is 117 Å². The van der Waals surface area contributed by atoms with Gasteiger partial charge in [0.05, 0.1) is 0 Å². The average Bonchev–Trinajstić information content (AvgIpc) is 2.57. The first-order valence-electron chi connectivity index (χ1n) is 11.6. The first-order valence-corrected chi connectivity index (χ1v) is 17.5. The van der Waals surface area contributed by atoms with E-state index in [2.05, 4.69) is 79.9 Å². The summed E-state index contributed by atoms with van der Waals surface area (Å²) in [7, 11) is -4.35. The fourth-order valence-electron chi connectivity index (χ4n) is 3.05. The molecule has 0 saturated heterocycles. The van der Waals surface area contributed by atoms with E-state index in [9.17, 15) is 9.59 Å². The number of hydrogen-bond acceptors (Lipinski definition) is 6. The number of allylic oxidation sites excluding steroid dienone is 1. The molecule has 1 aliphatic rings. The molecule has 0 fully saturated rings. The highest BCUT2D eigenvalue weighted by Gasteiger charge is 2.45. The number of carbonyl (C=O) groups excluding carboxylic acids is 2. The second kappa shape index (κ2) is 10.5. The highest BCUT2D eigenvalue weighted by molar-refractivity contribution is 6.74. The van der Waals surface area contributed by atoms with E-state index in [1.54, 1.807) is 0 Å². The minimum absolute atomic E-state index is 0.0129. The molecule has 1 rings (SSSR count). The van der Waals surface area contributed by atoms with Crippen molar-refractivity contribution in [2.24, 2.45) is 11.8 Å². The van der Waals surface area contributed by atoms with E-state index < -0.39 is 29.2 Å². The molecular formula is C24H46O6Si2. The van der Waals surface area contributed by atoms with Crippen molar-refractivity contribution in [1.82, 2.24) is 0 Å². The van der Waals surface area contributed by atoms with E-state index in [0.29, 0.717) is 6.42 Å². The third-order valence-corrected chi connectivity index (χ3v) is 16.0. The third kappa shape index (κ3) is 8.11. The molecule has 8 heteroatoms. The van der Waals surface area contributed by atoms with Gasteiger partial charge in [0.15, 0.2) is 29.2 Å². The van der Waals surface area contributed by atoms with Gasteiger partial charge in [-0.2, -0.15) is 0 Å². The quantitative estimate of drug-likeness (QED) is 0.171. The van der Waals surface area contributed by atoms with Gasteiger partial charge < -0.3 is 18.3 Å². The molecule has 0 aromatic carbocycles. The molecule has 0 saturated carbocycles. The minimum Gasteiger partial charge on any atom is -0.437 e. The Morgan fingerprint density at radius 3 is 1.62 bits per heavy atom. The Hall–Kier alpha value is -0.966. The lowest BCUT2D eigenvalue weighted by Gasteiger charge is -2.43. The van der Waals surface area contributed by atoms with Crippen LogP contribution in [0, 0.1) is 11.8 Å². The van der Waals surface area contributed by atoms with Crippen molar-refractivity contribution in [3.05, 3.63) is 12.2 Å². The van der Waals surface area contributed by atoms with Crippen LogP contribution in [-0.4, -0.2) is 41.2 Å². The topological polar surface area (TPSA) is 71.1 Å². The number of ether oxygens (including phenoxy) is 2. The van der Waals surface area contributed by atoms with Crippen LogP contribution in [0.4, 0.5) is 0 Å². The molecule has 32 heavy (non-hydrogen) atoms. The lowest BCUT2D eigenvalue weighted by atomic mass is 9.85. The van der Waals surface area contributed by atoms with Crippen molar-refractivity contribution < 1.29 is 27.9 Å². The van der Waals surface area contributed by atoms with Crippen molar-refractivity contribution in [1.29, 1.82) is 0 Å². The lowest BCUT2D eigenvalue weighted by molar-refractivity contribution is -0.178. The van der Waals surface area contributed by atoms with Crippen LogP contribution in [0.2, 0.25) is 36.3 Å². The molecule has 0 bridgehead atoms. The Balaban J connectivity index is 3.16. The molecule has 186 valence electrons. The van der Waals surface area contributed by atoms with E-state index in [0.717, 1.165) is 6.42 Å². The summed E-state index contributed by atoms with van der Waals surface area (Å²) in [4.78, 5) is 23.8. The highest BCUT2D eigenvalue weighted by Crippen LogP contribution is 2.42. The maximum Gasteiger partial charge on any atom is 0.304 e. The van der Waals surface area contributed by atoms with Crippen molar-refractivity contribution in [2.75, 3.05) is 0 Å². The average molecular weight is 487 g/mol. The van der Waals surface area contributed by atoms with E-state index in [4.69, 9.17) is 18.3 Å². The molecule has 0 amide bonds. The SMILES string of the molecule is CC(=O)OC(O[Si](C)(C)C(C)(C)C)[C@@H]1CC=C[C@@H](C(OC(C)=O)O[Si](C)(C)C(C)(C)C)C1. The van der Waals surface area contributed by atoms with Gasteiger partial charge in [0.2, 0.25) is 0 Å². The van der Waals surface area contributed by atoms with Gasteiger partial charge in [0.1, 0.15) is 0 Å². The maximum atomic E-state index is 11.9. The molecule has 0 aliphatic heterocycles. The molecule has 0 aromatic rings. The van der Waals surface area contributed by atoms with Gasteiger partial charge >= 0.3 is 11.9 Å². The molecule has 2 unspecified atom stereocenters. The standard InChI is InChI=1S/C24H46O6Si2/c1-17(25)27-21(29-31(9,10)23(3,4)5)19-14-13-15-20(16-19)22(28-18(2)26)30-32(11,12)24(6,7)8/h13-14,19-22H,15-16H2,1-12H3/t19-,20-,21?,22?/m1/s1. The van der Waals surface area contributed by atoms with Crippen LogP contribution in [-0.2, 0) is 27.9 Å². The molecule has 0 N–H and O–H groups in total. The summed E-state index contributed by atoms with van der Waals surface area (Å²) in [6.45, 7) is 24.4. The Morgan fingerprint density at radius 2 is 1.22 bits per heavy atom. The predicted octanol–water partition coefficient (Wildman–Crippen LogP) is 6.39. The summed E-state index contributed by atoms with van der Waals surface area (Å²) in [5.74, 6) is -0.885. The molecule has 0 heterocycles. The minimum atomic E-state index is -2.18. The summed E-state index contributed by atoms with van der Waals surface area (Å²) >= 11 is 0. The highest BCUT2D eigenvalue weighted by atomic mass is 28.4. The Bertz CT molecular complexity index is 688. The normalized spacial score (nSPS) is 22.2. The maximum absolute atomic E-state index is 11.9. The van der Waals surface area contributed by atoms with Crippen LogP contribution in [0.1, 0.15) is 68.2 Å². The molecule has 0 radical (unpaired) electrons. The fourth-order valence-corrected chi connectivity index (χ4v) is 5.39. The summed E-state index contributed by atoms with van der Waals surface area (Å²) in [6, 6.07) is 0. The summed E-state index contributed by atoms with van der Waals surface area (Å²) < 4.78 is 24.4. The van der Waals surface area contributed by atoms with Crippen LogP contribution in [0.5, 0.6) is 0 Å². The zero-order valence-electron chi connectivity index (χ0n) is 22.3. The van der Waals surface area contributed by atoms with Gasteiger partial charge in [0, 0.05) is 25.7 Å². The second-order valence-corrected chi connectivity index (χ2v) is 21.5. The summed E-state index contributed by atoms with van der Waals surface area (Å²) in [6.07, 6.45) is 4.21. The molecule has 0 aromatic heterocycles. The Kier molecular flexibility index (Phi) is 9.56. The fraction of sp³-hybridized carbons (Fsp3) is 0.833. The van der Waals surface area contributed by atoms with Gasteiger partial charge in [-0.1, -0.05) is 53.7 Å². The van der Waals surface area contributed by atoms with E-state index in [-0.39, 0.29) is 33.9 Å². The number of rotatable bonds is 8. The first-order chi connectivity index (χ1) is 14.3. The van der Waals surface area contributed by atoms with Gasteiger partial charge in [-0.15, -0.1) is 0 Å². The molecule has 1 aliphatic carbocycles. The summed E-state index contributed by atoms with van der Waals surface area (Å²) in [5, 5.41) is -0.0318. The Labute approximate surface area is 197 Å². The number of carbonyl (C=O) groups is 2. The lowest BCUT2D eigenvalue weighted by Crippen LogP contribution is -2.49. The van der Waals surface area contributed by atoms with Crippen LogP contribution in [0.15, 0.2) is 12.2 Å². The van der Waals surface area contributed by atoms with Crippen molar-refractivity contribution in [3.8, 4) is 0 Å². The van der Waals surface area contributed by atoms with E-state index in [1.165, 1.54) is 13.8 Å². The van der Waals surface area contributed by atoms with Crippen LogP contribution in [0.3, 0.4) is 0 Å². The van der Waals surface area contributed by atoms with Gasteiger partial charge in [0.25, 0.3) is 0 Å². The largest absolute Gasteiger partial charge is 0.437 e. The zero-order chi connectivity index (χ0) is 25.1. The number of esters is 2. The van der Waals surface area contributed by atoms with Crippen LogP contribution in [0.25, 0.3) is 0 Å². The smallest absolute Gasteiger partial charge is 0.304 e. The van der Waals surface area contributed by atoms with Crippen LogP contribution < -0.4 is 0 Å². The summed E-state index contributed by atoms with van der Waals surface area (Å²) in [5.41, 5.74) is 0. The Morgan fingerprint density at radius 1 is 0.812 bits per heavy atom. The van der Waals surface area contributed by atoms with Gasteiger partial charge in [-0.3, -0.25) is 9.59 Å². The van der Waals surface area contributed by atoms with Gasteiger partial charge in [-0.05, 0) is 49.1 Å². The monoisotopic (exact) mass is 486 g/mol. The second-order valence-electron chi connectivity index (χ2n) is 12.0. The van der Waals surface area contributed by atoms with Crippen molar-refractivity contribution >= 4 is 28.6 Å². The zero-order valence-corrected chi connectivity index (χ0v) is 24.3. The van der Waals surface area contributed by atoms with E-state index >= 15 is 0 Å². The molecule has 6 nitrogen and oxygen atoms in total. The van der Waals surface area contributed by atoms with Gasteiger partial charge in [-0.25, -0.2) is 0 Å². The first kappa shape index (κ1) is 29.1. The van der Waals surface area contributed by atoms with E-state index in [1.807, 2.05) is 0 Å². The molecular weight excluding hydrogens is 440 g/mol. The van der Waals surface area contributed by atoms with Crippen LogP contribution >= 0.6 is 0 Å². The predicted molar refractivity (Wildman–Crippen MR) is 133 cm³/mol. The molecule has 0 spiro atoms. The number of hydrogen-bond donors (Lipinski definition) is 0.